The number of esters is 1. The summed E-state index contributed by atoms with van der Waals surface area (Å²) in [6.07, 6.45) is 5.58. The predicted octanol–water partition coefficient (Wildman–Crippen LogP) is 2.18. The number of hydrogen-bond acceptors (Lipinski definition) is 6. The van der Waals surface area contributed by atoms with Gasteiger partial charge in [0, 0.05) is 6.04 Å². The summed E-state index contributed by atoms with van der Waals surface area (Å²) in [4.78, 5) is 15.4. The van der Waals surface area contributed by atoms with Crippen molar-refractivity contribution in [3.8, 4) is 0 Å². The fourth-order valence-electron chi connectivity index (χ4n) is 2.69. The van der Waals surface area contributed by atoms with Crippen molar-refractivity contribution in [1.29, 1.82) is 0 Å². The van der Waals surface area contributed by atoms with E-state index in [0.29, 0.717) is 5.92 Å². The van der Waals surface area contributed by atoms with Gasteiger partial charge in [0.25, 0.3) is 10.0 Å². The van der Waals surface area contributed by atoms with Crippen LogP contribution in [0.4, 0.5) is 0 Å². The van der Waals surface area contributed by atoms with Crippen LogP contribution in [0.2, 0.25) is 0 Å². The van der Waals surface area contributed by atoms with E-state index in [1.807, 2.05) is 6.92 Å². The lowest BCUT2D eigenvalue weighted by atomic mass is 9.85. The molecule has 1 heterocycles. The van der Waals surface area contributed by atoms with E-state index in [0.717, 1.165) is 37.0 Å². The van der Waals surface area contributed by atoms with Gasteiger partial charge in [-0.1, -0.05) is 19.3 Å². The fourth-order valence-corrected chi connectivity index (χ4v) is 5.15. The van der Waals surface area contributed by atoms with Crippen molar-refractivity contribution >= 4 is 27.3 Å². The molecule has 1 aliphatic rings. The summed E-state index contributed by atoms with van der Waals surface area (Å²) in [5.74, 6) is -0.384. The molecular formula is C13H20N2O4S2. The number of sulfonamides is 1. The number of ether oxygens (including phenoxy) is 1. The van der Waals surface area contributed by atoms with E-state index >= 15 is 0 Å². The van der Waals surface area contributed by atoms with Gasteiger partial charge in [-0.15, -0.1) is 11.3 Å². The molecule has 1 N–H and O–H groups in total. The second kappa shape index (κ2) is 6.85. The Morgan fingerprint density at radius 1 is 1.43 bits per heavy atom. The van der Waals surface area contributed by atoms with Crippen LogP contribution in [0.3, 0.4) is 0 Å². The maximum absolute atomic E-state index is 12.4. The molecular weight excluding hydrogens is 312 g/mol. The second-order valence-corrected chi connectivity index (χ2v) is 8.05. The van der Waals surface area contributed by atoms with E-state index in [9.17, 15) is 13.2 Å². The third-order valence-electron chi connectivity index (χ3n) is 3.86. The molecule has 1 fully saturated rings. The van der Waals surface area contributed by atoms with E-state index in [2.05, 4.69) is 14.4 Å². The first-order valence-corrected chi connectivity index (χ1v) is 9.36. The Bertz CT molecular complexity index is 591. The monoisotopic (exact) mass is 332 g/mol. The van der Waals surface area contributed by atoms with Crippen molar-refractivity contribution in [2.45, 2.75) is 49.3 Å². The molecule has 0 aromatic carbocycles. The Hall–Kier alpha value is -0.990. The number of rotatable bonds is 5. The van der Waals surface area contributed by atoms with Crippen molar-refractivity contribution in [2.75, 3.05) is 7.11 Å². The average Bonchev–Trinajstić information content (AvgIpc) is 2.97. The van der Waals surface area contributed by atoms with Crippen molar-refractivity contribution < 1.29 is 17.9 Å². The molecule has 1 aromatic heterocycles. The number of nitrogens with zero attached hydrogens (tertiary/aromatic N) is 1. The summed E-state index contributed by atoms with van der Waals surface area (Å²) in [7, 11) is -2.54. The largest absolute Gasteiger partial charge is 0.464 e. The molecule has 0 bridgehead atoms. The normalized spacial score (nSPS) is 18.4. The number of carbonyl (C=O) groups excluding carboxylic acids is 1. The number of carbonyl (C=O) groups is 1. The molecule has 8 heteroatoms. The summed E-state index contributed by atoms with van der Waals surface area (Å²) in [6, 6.07) is -0.150. The van der Waals surface area contributed by atoms with Crippen LogP contribution in [0.1, 0.15) is 49.5 Å². The minimum Gasteiger partial charge on any atom is -0.464 e. The quantitative estimate of drug-likeness (QED) is 0.835. The highest BCUT2D eigenvalue weighted by Gasteiger charge is 2.30. The molecule has 1 atom stereocenters. The molecule has 0 spiro atoms. The SMILES string of the molecule is COC(=O)c1ncsc1S(=O)(=O)N[C@H](C)C1CCCCC1. The van der Waals surface area contributed by atoms with Gasteiger partial charge in [0.05, 0.1) is 12.6 Å². The van der Waals surface area contributed by atoms with Gasteiger partial charge >= 0.3 is 5.97 Å². The minimum absolute atomic E-state index is 0.0722. The van der Waals surface area contributed by atoms with E-state index in [-0.39, 0.29) is 15.9 Å². The Morgan fingerprint density at radius 2 is 2.10 bits per heavy atom. The van der Waals surface area contributed by atoms with Crippen molar-refractivity contribution in [1.82, 2.24) is 9.71 Å². The standard InChI is InChI=1S/C13H20N2O4S2/c1-9(10-6-4-3-5-7-10)15-21(17,18)13-11(12(16)19-2)14-8-20-13/h8-10,15H,3-7H2,1-2H3/t9-/m1/s1. The summed E-state index contributed by atoms with van der Waals surface area (Å²) in [6.45, 7) is 1.88. The van der Waals surface area contributed by atoms with E-state index in [1.165, 1.54) is 19.0 Å². The first-order valence-electron chi connectivity index (χ1n) is 7.00. The number of methoxy groups -OCH3 is 1. The Morgan fingerprint density at radius 3 is 2.71 bits per heavy atom. The van der Waals surface area contributed by atoms with Crippen LogP contribution >= 0.6 is 11.3 Å². The molecule has 1 saturated carbocycles. The molecule has 0 amide bonds. The first-order chi connectivity index (χ1) is 9.95. The summed E-state index contributed by atoms with van der Waals surface area (Å²) in [5.41, 5.74) is 1.19. The third kappa shape index (κ3) is 3.81. The second-order valence-electron chi connectivity index (χ2n) is 5.29. The molecule has 0 radical (unpaired) electrons. The molecule has 0 aliphatic heterocycles. The minimum atomic E-state index is -3.75. The number of thiazole rings is 1. The molecule has 6 nitrogen and oxygen atoms in total. The average molecular weight is 332 g/mol. The lowest BCUT2D eigenvalue weighted by Crippen LogP contribution is -2.39. The lowest BCUT2D eigenvalue weighted by Gasteiger charge is -2.27. The van der Waals surface area contributed by atoms with Gasteiger partial charge in [0.15, 0.2) is 9.90 Å². The molecule has 0 saturated heterocycles. The van der Waals surface area contributed by atoms with Crippen LogP contribution in [0.15, 0.2) is 9.72 Å². The van der Waals surface area contributed by atoms with Gasteiger partial charge in [0.1, 0.15) is 0 Å². The van der Waals surface area contributed by atoms with Crippen LogP contribution in [0, 0.1) is 5.92 Å². The first kappa shape index (κ1) is 16.4. The number of hydrogen-bond donors (Lipinski definition) is 1. The number of nitrogens with one attached hydrogen (secondary N) is 1. The van der Waals surface area contributed by atoms with Crippen LogP contribution < -0.4 is 4.72 Å². The van der Waals surface area contributed by atoms with Gasteiger partial charge in [-0.2, -0.15) is 0 Å². The van der Waals surface area contributed by atoms with Gasteiger partial charge in [-0.05, 0) is 25.7 Å². The predicted molar refractivity (Wildman–Crippen MR) is 79.8 cm³/mol. The highest BCUT2D eigenvalue weighted by atomic mass is 32.2. The van der Waals surface area contributed by atoms with Crippen LogP contribution in [0.5, 0.6) is 0 Å². The summed E-state index contributed by atoms with van der Waals surface area (Å²) >= 11 is 0.926. The van der Waals surface area contributed by atoms with Crippen molar-refractivity contribution in [3.63, 3.8) is 0 Å². The zero-order valence-corrected chi connectivity index (χ0v) is 13.8. The molecule has 1 aromatic rings. The van der Waals surface area contributed by atoms with Crippen LogP contribution in [-0.4, -0.2) is 32.5 Å². The highest BCUT2D eigenvalue weighted by Crippen LogP contribution is 2.28. The molecule has 0 unspecified atom stereocenters. The molecule has 118 valence electrons. The molecule has 21 heavy (non-hydrogen) atoms. The van der Waals surface area contributed by atoms with E-state index < -0.39 is 16.0 Å². The highest BCUT2D eigenvalue weighted by molar-refractivity contribution is 7.91. The van der Waals surface area contributed by atoms with Crippen molar-refractivity contribution in [2.24, 2.45) is 5.92 Å². The smallest absolute Gasteiger partial charge is 0.358 e. The maximum atomic E-state index is 12.4. The lowest BCUT2D eigenvalue weighted by molar-refractivity contribution is 0.0590. The topological polar surface area (TPSA) is 85.4 Å². The van der Waals surface area contributed by atoms with E-state index in [4.69, 9.17) is 0 Å². The summed E-state index contributed by atoms with van der Waals surface area (Å²) in [5, 5.41) is 0. The van der Waals surface area contributed by atoms with Crippen LogP contribution in [-0.2, 0) is 14.8 Å². The zero-order valence-electron chi connectivity index (χ0n) is 12.2. The molecule has 2 rings (SSSR count). The third-order valence-corrected chi connectivity index (χ3v) is 6.78. The van der Waals surface area contributed by atoms with E-state index in [1.54, 1.807) is 0 Å². The zero-order chi connectivity index (χ0) is 15.5. The summed E-state index contributed by atoms with van der Waals surface area (Å²) < 4.78 is 32.1. The van der Waals surface area contributed by atoms with Crippen LogP contribution in [0.25, 0.3) is 0 Å². The van der Waals surface area contributed by atoms with Crippen molar-refractivity contribution in [3.05, 3.63) is 11.2 Å². The Kier molecular flexibility index (Phi) is 5.34. The van der Waals surface area contributed by atoms with Gasteiger partial charge < -0.3 is 4.74 Å². The fraction of sp³-hybridized carbons (Fsp3) is 0.692. The Balaban J connectivity index is 2.14. The van der Waals surface area contributed by atoms with Gasteiger partial charge in [-0.25, -0.2) is 22.9 Å². The van der Waals surface area contributed by atoms with Gasteiger partial charge in [0.2, 0.25) is 0 Å². The molecule has 1 aliphatic carbocycles. The number of aromatic nitrogens is 1. The maximum Gasteiger partial charge on any atom is 0.358 e. The van der Waals surface area contributed by atoms with Gasteiger partial charge in [-0.3, -0.25) is 0 Å². The Labute approximate surface area is 129 Å².